The van der Waals surface area contributed by atoms with E-state index in [1.807, 2.05) is 69.2 Å². The molecule has 1 amide bonds. The smallest absolute Gasteiger partial charge is 0.253 e. The van der Waals surface area contributed by atoms with Crippen LogP contribution in [0.2, 0.25) is 0 Å². The maximum Gasteiger partial charge on any atom is 0.253 e. The van der Waals surface area contributed by atoms with Crippen LogP contribution in [-0.2, 0) is 23.2 Å². The number of nitrogens with zero attached hydrogens (tertiary/aromatic N) is 3. The van der Waals surface area contributed by atoms with E-state index < -0.39 is 5.54 Å². The normalized spacial score (nSPS) is 15.9. The zero-order chi connectivity index (χ0) is 29.1. The van der Waals surface area contributed by atoms with Crippen LogP contribution >= 0.6 is 0 Å². The van der Waals surface area contributed by atoms with Gasteiger partial charge < -0.3 is 20.0 Å². The Morgan fingerprint density at radius 2 is 1.95 bits per heavy atom. The van der Waals surface area contributed by atoms with E-state index >= 15 is 0 Å². The SMILES string of the molecule is CCCc1cc(C)[nH]c(=O)c1C(C)(NC(=O)c1cc(-c2cnn(CCN3CCOCC3)c2)cc2[nH]ccc12)C(C)C. The van der Waals surface area contributed by atoms with Gasteiger partial charge in [-0.25, -0.2) is 0 Å². The summed E-state index contributed by atoms with van der Waals surface area (Å²) in [5.74, 6) is -0.241. The number of ether oxygens (including phenoxy) is 1. The van der Waals surface area contributed by atoms with E-state index in [1.54, 1.807) is 0 Å². The maximum atomic E-state index is 14.1. The van der Waals surface area contributed by atoms with Crippen molar-refractivity contribution >= 4 is 16.8 Å². The number of carbonyl (C=O) groups excluding carboxylic acids is 1. The van der Waals surface area contributed by atoms with E-state index in [4.69, 9.17) is 4.74 Å². The van der Waals surface area contributed by atoms with Gasteiger partial charge in [0.2, 0.25) is 0 Å². The molecule has 0 saturated carbocycles. The molecule has 1 aromatic carbocycles. The molecule has 41 heavy (non-hydrogen) atoms. The first-order valence-electron chi connectivity index (χ1n) is 14.7. The number of pyridine rings is 1. The van der Waals surface area contributed by atoms with Crippen LogP contribution < -0.4 is 10.9 Å². The van der Waals surface area contributed by atoms with Crippen molar-refractivity contribution < 1.29 is 9.53 Å². The van der Waals surface area contributed by atoms with Crippen LogP contribution in [-0.4, -0.2) is 63.4 Å². The van der Waals surface area contributed by atoms with E-state index in [2.05, 4.69) is 38.3 Å². The highest BCUT2D eigenvalue weighted by Gasteiger charge is 2.37. The molecule has 1 atom stereocenters. The number of amides is 1. The van der Waals surface area contributed by atoms with Gasteiger partial charge in [0.25, 0.3) is 11.5 Å². The number of nitrogens with one attached hydrogen (secondary N) is 3. The molecule has 1 aliphatic rings. The van der Waals surface area contributed by atoms with E-state index in [0.717, 1.165) is 85.5 Å². The van der Waals surface area contributed by atoms with Gasteiger partial charge in [0.15, 0.2) is 0 Å². The minimum atomic E-state index is -0.869. The summed E-state index contributed by atoms with van der Waals surface area (Å²) in [6.45, 7) is 15.2. The molecule has 0 radical (unpaired) electrons. The minimum Gasteiger partial charge on any atom is -0.379 e. The predicted molar refractivity (Wildman–Crippen MR) is 162 cm³/mol. The average Bonchev–Trinajstić information content (AvgIpc) is 3.61. The second kappa shape index (κ2) is 12.0. The Labute approximate surface area is 241 Å². The maximum absolute atomic E-state index is 14.1. The summed E-state index contributed by atoms with van der Waals surface area (Å²) in [5.41, 5.74) is 4.73. The van der Waals surface area contributed by atoms with Crippen LogP contribution in [0.5, 0.6) is 0 Å². The molecule has 1 fully saturated rings. The summed E-state index contributed by atoms with van der Waals surface area (Å²) >= 11 is 0. The van der Waals surface area contributed by atoms with Crippen LogP contribution in [0, 0.1) is 12.8 Å². The number of carbonyl (C=O) groups is 1. The van der Waals surface area contributed by atoms with Crippen LogP contribution in [0.1, 0.15) is 61.3 Å². The van der Waals surface area contributed by atoms with Gasteiger partial charge in [0.1, 0.15) is 0 Å². The summed E-state index contributed by atoms with van der Waals surface area (Å²) in [5, 5.41) is 8.73. The van der Waals surface area contributed by atoms with Crippen LogP contribution in [0.15, 0.2) is 47.7 Å². The lowest BCUT2D eigenvalue weighted by molar-refractivity contribution is 0.0360. The number of hydrogen-bond acceptors (Lipinski definition) is 5. The lowest BCUT2D eigenvalue weighted by atomic mass is 9.78. The van der Waals surface area contributed by atoms with Crippen LogP contribution in [0.3, 0.4) is 0 Å². The Balaban J connectivity index is 1.46. The number of rotatable bonds is 10. The molecule has 3 N–H and O–H groups in total. The van der Waals surface area contributed by atoms with Gasteiger partial charge in [-0.2, -0.15) is 5.10 Å². The highest BCUT2D eigenvalue weighted by atomic mass is 16.5. The van der Waals surface area contributed by atoms with E-state index in [-0.39, 0.29) is 17.4 Å². The molecule has 0 bridgehead atoms. The second-order valence-electron chi connectivity index (χ2n) is 11.7. The minimum absolute atomic E-state index is 0.0274. The molecule has 9 nitrogen and oxygen atoms in total. The van der Waals surface area contributed by atoms with Crippen molar-refractivity contribution in [3.05, 3.63) is 75.6 Å². The van der Waals surface area contributed by atoms with Gasteiger partial charge in [-0.3, -0.25) is 19.2 Å². The van der Waals surface area contributed by atoms with E-state index in [9.17, 15) is 9.59 Å². The summed E-state index contributed by atoms with van der Waals surface area (Å²) in [6, 6.07) is 7.95. The third-order valence-corrected chi connectivity index (χ3v) is 8.45. The molecule has 0 spiro atoms. The zero-order valence-electron chi connectivity index (χ0n) is 24.8. The van der Waals surface area contributed by atoms with E-state index in [0.29, 0.717) is 11.1 Å². The highest BCUT2D eigenvalue weighted by Crippen LogP contribution is 2.33. The molecule has 9 heteroatoms. The van der Waals surface area contributed by atoms with Crippen molar-refractivity contribution in [3.8, 4) is 11.1 Å². The zero-order valence-corrected chi connectivity index (χ0v) is 24.8. The van der Waals surface area contributed by atoms with Crippen LogP contribution in [0.25, 0.3) is 22.0 Å². The molecular weight excluding hydrogens is 516 g/mol. The van der Waals surface area contributed by atoms with E-state index in [1.165, 1.54) is 0 Å². The van der Waals surface area contributed by atoms with Crippen molar-refractivity contribution in [2.75, 3.05) is 32.8 Å². The molecule has 1 saturated heterocycles. The van der Waals surface area contributed by atoms with Gasteiger partial charge in [-0.05, 0) is 61.6 Å². The fraction of sp³-hybridized carbons (Fsp3) is 0.469. The Bertz CT molecular complexity index is 1580. The highest BCUT2D eigenvalue weighted by molar-refractivity contribution is 6.08. The summed E-state index contributed by atoms with van der Waals surface area (Å²) < 4.78 is 7.41. The van der Waals surface area contributed by atoms with Gasteiger partial charge in [0.05, 0.1) is 31.5 Å². The summed E-state index contributed by atoms with van der Waals surface area (Å²) in [4.78, 5) is 36.1. The number of aromatic nitrogens is 4. The average molecular weight is 559 g/mol. The number of aryl methyl sites for hydroxylation is 2. The molecule has 4 heterocycles. The number of hydrogen-bond donors (Lipinski definition) is 3. The standard InChI is InChI=1S/C32H42N6O3/c1-6-7-23-16-22(4)35-31(40)29(23)32(5,21(2)3)36-30(39)27-17-24(18-28-26(27)8-9-33-28)25-19-34-38(20-25)11-10-37-12-14-41-15-13-37/h8-9,16-21,33H,6-7,10-15H2,1-5H3,(H,35,40)(H,36,39). The van der Waals surface area contributed by atoms with Crippen molar-refractivity contribution in [2.24, 2.45) is 5.92 Å². The van der Waals surface area contributed by atoms with Crippen molar-refractivity contribution in [3.63, 3.8) is 0 Å². The molecule has 0 aliphatic carbocycles. The Kier molecular flexibility index (Phi) is 8.47. The first-order valence-corrected chi connectivity index (χ1v) is 14.7. The third-order valence-electron chi connectivity index (χ3n) is 8.45. The van der Waals surface area contributed by atoms with Gasteiger partial charge in [-0.1, -0.05) is 27.2 Å². The molecule has 1 aliphatic heterocycles. The first-order chi connectivity index (χ1) is 19.7. The number of morpholine rings is 1. The lowest BCUT2D eigenvalue weighted by Crippen LogP contribution is -2.51. The molecular formula is C32H42N6O3. The predicted octanol–water partition coefficient (Wildman–Crippen LogP) is 4.61. The van der Waals surface area contributed by atoms with Gasteiger partial charge >= 0.3 is 0 Å². The molecule has 1 unspecified atom stereocenters. The van der Waals surface area contributed by atoms with Crippen molar-refractivity contribution in [1.29, 1.82) is 0 Å². The Morgan fingerprint density at radius 3 is 2.68 bits per heavy atom. The molecule has 4 aromatic rings. The fourth-order valence-electron chi connectivity index (χ4n) is 5.82. The summed E-state index contributed by atoms with van der Waals surface area (Å²) in [6.07, 6.45) is 7.41. The quantitative estimate of drug-likeness (QED) is 0.263. The summed E-state index contributed by atoms with van der Waals surface area (Å²) in [7, 11) is 0. The first kappa shape index (κ1) is 28.8. The van der Waals surface area contributed by atoms with Crippen molar-refractivity contribution in [1.82, 2.24) is 30.0 Å². The second-order valence-corrected chi connectivity index (χ2v) is 11.7. The monoisotopic (exact) mass is 558 g/mol. The number of aromatic amines is 2. The van der Waals surface area contributed by atoms with Crippen LogP contribution in [0.4, 0.5) is 0 Å². The third kappa shape index (κ3) is 6.01. The van der Waals surface area contributed by atoms with Gasteiger partial charge in [-0.15, -0.1) is 0 Å². The Hall–Kier alpha value is -3.69. The van der Waals surface area contributed by atoms with Gasteiger partial charge in [0, 0.05) is 65.3 Å². The topological polar surface area (TPSA) is 108 Å². The number of benzene rings is 1. The number of fused-ring (bicyclic) bond motifs is 1. The fourth-order valence-corrected chi connectivity index (χ4v) is 5.82. The van der Waals surface area contributed by atoms with Crippen molar-refractivity contribution in [2.45, 2.75) is 59.5 Å². The Morgan fingerprint density at radius 1 is 1.17 bits per heavy atom. The molecule has 218 valence electrons. The lowest BCUT2D eigenvalue weighted by Gasteiger charge is -2.36. The molecule has 5 rings (SSSR count). The largest absolute Gasteiger partial charge is 0.379 e. The number of H-pyrrole nitrogens is 2. The molecule has 3 aromatic heterocycles.